The molecular formula is C18H22BrN3O. The minimum absolute atomic E-state index is 0.0574. The van der Waals surface area contributed by atoms with Crippen LogP contribution in [-0.2, 0) is 4.79 Å². The molecule has 0 atom stereocenters. The number of amides is 1. The van der Waals surface area contributed by atoms with Gasteiger partial charge in [-0.25, -0.2) is 5.43 Å². The van der Waals surface area contributed by atoms with Crippen LogP contribution < -0.4 is 5.43 Å². The van der Waals surface area contributed by atoms with Crippen LogP contribution in [0.25, 0.3) is 5.69 Å². The van der Waals surface area contributed by atoms with Crippen molar-refractivity contribution < 1.29 is 4.79 Å². The lowest BCUT2D eigenvalue weighted by Crippen LogP contribution is -2.19. The van der Waals surface area contributed by atoms with Gasteiger partial charge in [0.25, 0.3) is 0 Å². The first-order chi connectivity index (χ1) is 10.9. The minimum atomic E-state index is -0.0574. The highest BCUT2D eigenvalue weighted by molar-refractivity contribution is 9.10. The van der Waals surface area contributed by atoms with Gasteiger partial charge in [-0.05, 0) is 50.1 Å². The Balaban J connectivity index is 2.17. The van der Waals surface area contributed by atoms with Gasteiger partial charge in [0.2, 0.25) is 5.91 Å². The van der Waals surface area contributed by atoms with Gasteiger partial charge in [0.15, 0.2) is 0 Å². The number of benzene rings is 1. The van der Waals surface area contributed by atoms with E-state index in [4.69, 9.17) is 0 Å². The fourth-order valence-electron chi connectivity index (χ4n) is 2.50. The maximum atomic E-state index is 11.6. The zero-order valence-electron chi connectivity index (χ0n) is 13.9. The van der Waals surface area contributed by atoms with Gasteiger partial charge in [0.1, 0.15) is 0 Å². The first-order valence-electron chi connectivity index (χ1n) is 7.65. The molecule has 0 aliphatic heterocycles. The molecule has 5 heteroatoms. The summed E-state index contributed by atoms with van der Waals surface area (Å²) >= 11 is 3.45. The number of aromatic nitrogens is 1. The number of rotatable bonds is 5. The molecule has 0 saturated carbocycles. The smallest absolute Gasteiger partial charge is 0.240 e. The molecule has 1 aromatic heterocycles. The van der Waals surface area contributed by atoms with Gasteiger partial charge < -0.3 is 4.57 Å². The number of aryl methyl sites for hydroxylation is 1. The summed E-state index contributed by atoms with van der Waals surface area (Å²) in [5, 5.41) is 4.07. The number of halogens is 1. The van der Waals surface area contributed by atoms with Crippen LogP contribution in [0.15, 0.2) is 39.9 Å². The third kappa shape index (κ3) is 4.55. The molecule has 0 saturated heterocycles. The maximum Gasteiger partial charge on any atom is 0.240 e. The molecule has 1 amide bonds. The van der Waals surface area contributed by atoms with Crippen LogP contribution in [0.3, 0.4) is 0 Å². The SMILES string of the molecule is Cc1cc(/C=N\NC(=O)CC(C)C)c(C)n1-c1ccc(Br)cc1. The molecule has 0 fully saturated rings. The lowest BCUT2D eigenvalue weighted by atomic mass is 10.1. The number of hydrazone groups is 1. The highest BCUT2D eigenvalue weighted by Gasteiger charge is 2.09. The highest BCUT2D eigenvalue weighted by Crippen LogP contribution is 2.21. The minimum Gasteiger partial charge on any atom is -0.318 e. The molecular weight excluding hydrogens is 354 g/mol. The fourth-order valence-corrected chi connectivity index (χ4v) is 2.76. The van der Waals surface area contributed by atoms with Crippen molar-refractivity contribution in [3.05, 3.63) is 51.8 Å². The summed E-state index contributed by atoms with van der Waals surface area (Å²) in [6.07, 6.45) is 2.19. The van der Waals surface area contributed by atoms with Crippen LogP contribution >= 0.6 is 15.9 Å². The second-order valence-electron chi connectivity index (χ2n) is 6.03. The number of hydrogen-bond acceptors (Lipinski definition) is 2. The first-order valence-corrected chi connectivity index (χ1v) is 8.44. The van der Waals surface area contributed by atoms with Gasteiger partial charge in [0, 0.05) is 33.5 Å². The Labute approximate surface area is 145 Å². The van der Waals surface area contributed by atoms with Crippen LogP contribution in [0.4, 0.5) is 0 Å². The van der Waals surface area contributed by atoms with E-state index in [2.05, 4.69) is 56.1 Å². The van der Waals surface area contributed by atoms with E-state index in [0.29, 0.717) is 12.3 Å². The van der Waals surface area contributed by atoms with Crippen molar-refractivity contribution in [2.75, 3.05) is 0 Å². The van der Waals surface area contributed by atoms with Gasteiger partial charge >= 0.3 is 0 Å². The normalized spacial score (nSPS) is 11.4. The average molecular weight is 376 g/mol. The molecule has 122 valence electrons. The molecule has 1 heterocycles. The van der Waals surface area contributed by atoms with Crippen LogP contribution in [0.5, 0.6) is 0 Å². The summed E-state index contributed by atoms with van der Waals surface area (Å²) in [6.45, 7) is 8.13. The summed E-state index contributed by atoms with van der Waals surface area (Å²) < 4.78 is 3.22. The second kappa shape index (κ2) is 7.59. The average Bonchev–Trinajstić information content (AvgIpc) is 2.74. The number of hydrogen-bond donors (Lipinski definition) is 1. The quantitative estimate of drug-likeness (QED) is 0.612. The van der Waals surface area contributed by atoms with Gasteiger partial charge in [-0.2, -0.15) is 5.10 Å². The van der Waals surface area contributed by atoms with Crippen LogP contribution in [0.1, 0.15) is 37.2 Å². The van der Waals surface area contributed by atoms with E-state index in [0.717, 1.165) is 27.1 Å². The second-order valence-corrected chi connectivity index (χ2v) is 6.95. The van der Waals surface area contributed by atoms with Crippen molar-refractivity contribution in [1.82, 2.24) is 9.99 Å². The Hall–Kier alpha value is -1.88. The van der Waals surface area contributed by atoms with Crippen molar-refractivity contribution in [2.24, 2.45) is 11.0 Å². The third-order valence-electron chi connectivity index (χ3n) is 3.54. The maximum absolute atomic E-state index is 11.6. The zero-order chi connectivity index (χ0) is 17.0. The largest absolute Gasteiger partial charge is 0.318 e. The Morgan fingerprint density at radius 2 is 1.96 bits per heavy atom. The van der Waals surface area contributed by atoms with Crippen molar-refractivity contribution in [2.45, 2.75) is 34.1 Å². The molecule has 1 N–H and O–H groups in total. The summed E-state index contributed by atoms with van der Waals surface area (Å²) in [7, 11) is 0. The molecule has 4 nitrogen and oxygen atoms in total. The third-order valence-corrected chi connectivity index (χ3v) is 4.07. The standard InChI is InChI=1S/C18H22BrN3O/c1-12(2)9-18(23)21-20-11-15-10-13(3)22(14(15)4)17-7-5-16(19)6-8-17/h5-8,10-12H,9H2,1-4H3,(H,21,23)/b20-11-. The summed E-state index contributed by atoms with van der Waals surface area (Å²) in [6, 6.07) is 10.2. The molecule has 23 heavy (non-hydrogen) atoms. The summed E-state index contributed by atoms with van der Waals surface area (Å²) in [5.41, 5.74) is 6.89. The van der Waals surface area contributed by atoms with E-state index in [-0.39, 0.29) is 5.91 Å². The van der Waals surface area contributed by atoms with Gasteiger partial charge in [-0.1, -0.05) is 29.8 Å². The Bertz CT molecular complexity index is 715. The van der Waals surface area contributed by atoms with E-state index in [1.165, 1.54) is 0 Å². The number of nitrogens with one attached hydrogen (secondary N) is 1. The van der Waals surface area contributed by atoms with Gasteiger partial charge in [-0.3, -0.25) is 4.79 Å². The molecule has 1 aromatic carbocycles. The summed E-state index contributed by atoms with van der Waals surface area (Å²) in [4.78, 5) is 11.6. The highest BCUT2D eigenvalue weighted by atomic mass is 79.9. The molecule has 0 aliphatic carbocycles. The monoisotopic (exact) mass is 375 g/mol. The number of nitrogens with zero attached hydrogens (tertiary/aromatic N) is 2. The Morgan fingerprint density at radius 3 is 2.57 bits per heavy atom. The number of carbonyl (C=O) groups is 1. The molecule has 0 unspecified atom stereocenters. The fraction of sp³-hybridized carbons (Fsp3) is 0.333. The molecule has 0 radical (unpaired) electrons. The molecule has 2 rings (SSSR count). The molecule has 0 spiro atoms. The topological polar surface area (TPSA) is 46.4 Å². The van der Waals surface area contributed by atoms with Crippen molar-refractivity contribution in [3.63, 3.8) is 0 Å². The van der Waals surface area contributed by atoms with E-state index in [1.807, 2.05) is 32.9 Å². The van der Waals surface area contributed by atoms with Crippen molar-refractivity contribution >= 4 is 28.1 Å². The Kier molecular flexibility index (Phi) is 5.77. The van der Waals surface area contributed by atoms with Crippen molar-refractivity contribution in [3.8, 4) is 5.69 Å². The first kappa shape index (κ1) is 17.5. The van der Waals surface area contributed by atoms with E-state index in [1.54, 1.807) is 6.21 Å². The summed E-state index contributed by atoms with van der Waals surface area (Å²) in [5.74, 6) is 0.269. The predicted octanol–water partition coefficient (Wildman–Crippen LogP) is 4.35. The molecule has 2 aromatic rings. The van der Waals surface area contributed by atoms with E-state index < -0.39 is 0 Å². The lowest BCUT2D eigenvalue weighted by Gasteiger charge is -2.09. The van der Waals surface area contributed by atoms with Crippen LogP contribution in [0, 0.1) is 19.8 Å². The van der Waals surface area contributed by atoms with Crippen molar-refractivity contribution in [1.29, 1.82) is 0 Å². The zero-order valence-corrected chi connectivity index (χ0v) is 15.5. The van der Waals surface area contributed by atoms with Crippen LogP contribution in [0.2, 0.25) is 0 Å². The predicted molar refractivity (Wildman–Crippen MR) is 98.1 cm³/mol. The van der Waals surface area contributed by atoms with Gasteiger partial charge in [0.05, 0.1) is 6.21 Å². The van der Waals surface area contributed by atoms with Crippen LogP contribution in [-0.4, -0.2) is 16.7 Å². The van der Waals surface area contributed by atoms with E-state index >= 15 is 0 Å². The molecule has 0 aliphatic rings. The van der Waals surface area contributed by atoms with Gasteiger partial charge in [-0.15, -0.1) is 0 Å². The molecule has 0 bridgehead atoms. The number of carbonyl (C=O) groups excluding carboxylic acids is 1. The Morgan fingerprint density at radius 1 is 1.30 bits per heavy atom. The lowest BCUT2D eigenvalue weighted by molar-refractivity contribution is -0.121. The van der Waals surface area contributed by atoms with E-state index in [9.17, 15) is 4.79 Å².